The summed E-state index contributed by atoms with van der Waals surface area (Å²) in [7, 11) is 0. The third kappa shape index (κ3) is 6.65. The second kappa shape index (κ2) is 2.98. The van der Waals surface area contributed by atoms with E-state index >= 15 is 0 Å². The van der Waals surface area contributed by atoms with Gasteiger partial charge in [-0.15, -0.1) is 0 Å². The minimum atomic E-state index is -1.96. The molecule has 0 bridgehead atoms. The molecule has 0 aromatic heterocycles. The average Bonchev–Trinajstić information content (AvgIpc) is 1.21. The minimum absolute atomic E-state index is 1.05. The van der Waals surface area contributed by atoms with Crippen molar-refractivity contribution in [3.05, 3.63) is 0 Å². The van der Waals surface area contributed by atoms with Gasteiger partial charge in [0.15, 0.2) is 0 Å². The van der Waals surface area contributed by atoms with Crippen LogP contribution in [0.2, 0.25) is 17.3 Å². The van der Waals surface area contributed by atoms with Crippen LogP contribution in [-0.4, -0.2) is 24.1 Å². The van der Waals surface area contributed by atoms with E-state index in [9.17, 15) is 4.21 Å². The first-order chi connectivity index (χ1) is 3.42. The van der Waals surface area contributed by atoms with Gasteiger partial charge < -0.3 is 0 Å². The molecule has 0 aliphatic heterocycles. The van der Waals surface area contributed by atoms with Crippen molar-refractivity contribution in [2.75, 3.05) is 6.26 Å². The predicted octanol–water partition coefficient (Wildman–Crippen LogP) is 1.13. The molecule has 0 N–H and O–H groups in total. The van der Waals surface area contributed by atoms with E-state index in [1.54, 1.807) is 6.26 Å². The quantitative estimate of drug-likeness (QED) is 0.620. The Hall–Kier alpha value is 0.653. The molecule has 0 aromatic carbocycles. The molecule has 0 aromatic rings. The summed E-state index contributed by atoms with van der Waals surface area (Å²) in [6, 6.07) is 0. The summed E-state index contributed by atoms with van der Waals surface area (Å²) in [5.41, 5.74) is 0. The zero-order chi connectivity index (χ0) is 6.78. The molecule has 0 fully saturated rings. The zero-order valence-electron chi connectivity index (χ0n) is 5.72. The van der Waals surface area contributed by atoms with E-state index in [0.717, 1.165) is 0 Å². The standard InChI is InChI=1S/C4H12GeO2S/c1-5(2,3)7-8(4)6/h1-4H3. The Morgan fingerprint density at radius 3 is 1.75 bits per heavy atom. The van der Waals surface area contributed by atoms with Crippen LogP contribution in [0.15, 0.2) is 0 Å². The van der Waals surface area contributed by atoms with Crippen LogP contribution < -0.4 is 0 Å². The molecule has 0 rings (SSSR count). The van der Waals surface area contributed by atoms with Crippen molar-refractivity contribution in [2.45, 2.75) is 17.3 Å². The van der Waals surface area contributed by atoms with Crippen molar-refractivity contribution in [1.29, 1.82) is 0 Å². The monoisotopic (exact) mass is 198 g/mol. The van der Waals surface area contributed by atoms with Crippen LogP contribution >= 0.6 is 0 Å². The summed E-state index contributed by atoms with van der Waals surface area (Å²) in [5.74, 6) is 6.17. The Bertz CT molecular complexity index is 96.7. The second-order valence-electron chi connectivity index (χ2n) is 2.60. The molecule has 0 spiro atoms. The molecular weight excluding hydrogens is 185 g/mol. The van der Waals surface area contributed by atoms with Gasteiger partial charge in [-0.3, -0.25) is 0 Å². The van der Waals surface area contributed by atoms with Crippen molar-refractivity contribution in [2.24, 2.45) is 0 Å². The molecule has 0 aliphatic carbocycles. The fourth-order valence-electron chi connectivity index (χ4n) is 0.352. The zero-order valence-corrected chi connectivity index (χ0v) is 8.64. The second-order valence-corrected chi connectivity index (χ2v) is 13.5. The van der Waals surface area contributed by atoms with Crippen molar-refractivity contribution in [3.63, 3.8) is 0 Å². The number of hydrogen-bond acceptors (Lipinski definition) is 2. The van der Waals surface area contributed by atoms with Gasteiger partial charge in [0.2, 0.25) is 0 Å². The molecule has 1 atom stereocenters. The first kappa shape index (κ1) is 8.65. The summed E-state index contributed by atoms with van der Waals surface area (Å²) in [4.78, 5) is 0. The number of rotatable bonds is 2. The van der Waals surface area contributed by atoms with Gasteiger partial charge in [0, 0.05) is 0 Å². The summed E-state index contributed by atoms with van der Waals surface area (Å²) in [6.45, 7) is 0. The molecule has 0 saturated carbocycles. The normalized spacial score (nSPS) is 16.0. The summed E-state index contributed by atoms with van der Waals surface area (Å²) in [6.07, 6.45) is 1.57. The molecule has 1 unspecified atom stereocenters. The first-order valence-corrected chi connectivity index (χ1v) is 11.1. The maximum absolute atomic E-state index is 10.4. The molecule has 0 heterocycles. The Morgan fingerprint density at radius 2 is 1.75 bits per heavy atom. The van der Waals surface area contributed by atoms with Crippen LogP contribution in [0.1, 0.15) is 0 Å². The third-order valence-corrected chi connectivity index (χ3v) is 5.73. The van der Waals surface area contributed by atoms with E-state index in [1.807, 2.05) is 0 Å². The Balaban J connectivity index is 3.55. The van der Waals surface area contributed by atoms with Gasteiger partial charge in [-0.25, -0.2) is 0 Å². The Kier molecular flexibility index (Phi) is 3.23. The molecule has 0 amide bonds. The van der Waals surface area contributed by atoms with Crippen LogP contribution in [0, 0.1) is 0 Å². The fourth-order valence-corrected chi connectivity index (χ4v) is 5.49. The fraction of sp³-hybridized carbons (Fsp3) is 1.00. The van der Waals surface area contributed by atoms with Gasteiger partial charge in [0.05, 0.1) is 0 Å². The van der Waals surface area contributed by atoms with Crippen molar-refractivity contribution >= 4 is 24.7 Å². The summed E-state index contributed by atoms with van der Waals surface area (Å²) < 4.78 is 15.5. The van der Waals surface area contributed by atoms with E-state index in [0.29, 0.717) is 0 Å². The SMILES string of the molecule is CS(=O)[O][Ge]([CH3])([CH3])[CH3]. The molecule has 4 heteroatoms. The molecule has 0 saturated heterocycles. The van der Waals surface area contributed by atoms with Crippen LogP contribution in [0.25, 0.3) is 0 Å². The van der Waals surface area contributed by atoms with Crippen LogP contribution in [-0.2, 0) is 14.3 Å². The van der Waals surface area contributed by atoms with Gasteiger partial charge in [-0.05, 0) is 0 Å². The van der Waals surface area contributed by atoms with Gasteiger partial charge in [-0.2, -0.15) is 0 Å². The molecular formula is C4H12GeO2S. The van der Waals surface area contributed by atoms with E-state index in [4.69, 9.17) is 3.21 Å². The number of hydrogen-bond donors (Lipinski definition) is 0. The molecule has 50 valence electrons. The topological polar surface area (TPSA) is 26.3 Å². The molecule has 2 nitrogen and oxygen atoms in total. The van der Waals surface area contributed by atoms with Gasteiger partial charge in [0.1, 0.15) is 0 Å². The first-order valence-electron chi connectivity index (χ1n) is 2.45. The Labute approximate surface area is 56.0 Å². The van der Waals surface area contributed by atoms with Crippen LogP contribution in [0.3, 0.4) is 0 Å². The molecule has 0 aliphatic rings. The van der Waals surface area contributed by atoms with E-state index in [-0.39, 0.29) is 0 Å². The molecule has 0 radical (unpaired) electrons. The van der Waals surface area contributed by atoms with Gasteiger partial charge >= 0.3 is 55.6 Å². The van der Waals surface area contributed by atoms with E-state index < -0.39 is 24.7 Å². The van der Waals surface area contributed by atoms with Crippen molar-refractivity contribution < 1.29 is 7.42 Å². The average molecular weight is 197 g/mol. The van der Waals surface area contributed by atoms with Gasteiger partial charge in [-0.1, -0.05) is 0 Å². The van der Waals surface area contributed by atoms with E-state index in [2.05, 4.69) is 17.3 Å². The predicted molar refractivity (Wildman–Crippen MR) is 38.5 cm³/mol. The molecule has 8 heavy (non-hydrogen) atoms. The maximum atomic E-state index is 10.4. The Morgan fingerprint density at radius 1 is 1.38 bits per heavy atom. The third-order valence-electron chi connectivity index (χ3n) is 0.367. The van der Waals surface area contributed by atoms with Crippen LogP contribution in [0.4, 0.5) is 0 Å². The van der Waals surface area contributed by atoms with Gasteiger partial charge in [0.25, 0.3) is 0 Å². The van der Waals surface area contributed by atoms with Crippen molar-refractivity contribution in [3.8, 4) is 0 Å². The van der Waals surface area contributed by atoms with E-state index in [1.165, 1.54) is 0 Å². The van der Waals surface area contributed by atoms with Crippen LogP contribution in [0.5, 0.6) is 0 Å². The summed E-state index contributed by atoms with van der Waals surface area (Å²) in [5, 5.41) is 0. The van der Waals surface area contributed by atoms with Crippen molar-refractivity contribution in [1.82, 2.24) is 0 Å². The summed E-state index contributed by atoms with van der Waals surface area (Å²) >= 11 is -3.01.